The van der Waals surface area contributed by atoms with Gasteiger partial charge in [-0.2, -0.15) is 4.52 Å². The summed E-state index contributed by atoms with van der Waals surface area (Å²) < 4.78 is 28.2. The molecule has 2 N–H and O–H groups in total. The van der Waals surface area contributed by atoms with Crippen LogP contribution in [-0.2, 0) is 9.84 Å². The third kappa shape index (κ3) is 3.35. The zero-order valence-corrected chi connectivity index (χ0v) is 18.7. The van der Waals surface area contributed by atoms with E-state index in [0.29, 0.717) is 16.5 Å². The quantitative estimate of drug-likeness (QED) is 0.488. The first-order chi connectivity index (χ1) is 15.4. The lowest BCUT2D eigenvalue weighted by Gasteiger charge is -2.22. The molecule has 10 heteroatoms. The van der Waals surface area contributed by atoms with Crippen LogP contribution < -0.4 is 15.8 Å². The summed E-state index contributed by atoms with van der Waals surface area (Å²) in [4.78, 5) is 17.9. The fourth-order valence-electron chi connectivity index (χ4n) is 4.29. The Morgan fingerprint density at radius 1 is 1.03 bits per heavy atom. The normalized spacial score (nSPS) is 15.4. The minimum Gasteiger partial charge on any atom is -0.370 e. The monoisotopic (exact) mass is 452 g/mol. The van der Waals surface area contributed by atoms with Crippen LogP contribution in [0.4, 0.5) is 5.69 Å². The Balaban J connectivity index is 1.70. The van der Waals surface area contributed by atoms with Crippen LogP contribution in [0.5, 0.6) is 0 Å². The Kier molecular flexibility index (Phi) is 4.98. The average Bonchev–Trinajstić information content (AvgIpc) is 3.00. The van der Waals surface area contributed by atoms with Gasteiger partial charge in [-0.3, -0.25) is 4.79 Å². The highest BCUT2D eigenvalue weighted by atomic mass is 32.2. The minimum atomic E-state index is -3.97. The zero-order chi connectivity index (χ0) is 22.5. The third-order valence-corrected chi connectivity index (χ3v) is 7.73. The number of hydrogen-bond donors (Lipinski definition) is 2. The Morgan fingerprint density at radius 2 is 1.88 bits per heavy atom. The first-order valence-corrected chi connectivity index (χ1v) is 12.0. The molecule has 166 valence electrons. The summed E-state index contributed by atoms with van der Waals surface area (Å²) in [6.07, 6.45) is 1.02. The number of aromatic amines is 1. The SMILES string of the molecule is Cc1ccc(S(=O)(=O)c2nnn3c2[nH]c(=O)c2ccc(N4CCCNCC4)cc23)c(C)c1. The van der Waals surface area contributed by atoms with Crippen LogP contribution in [0.2, 0.25) is 0 Å². The van der Waals surface area contributed by atoms with E-state index in [1.807, 2.05) is 19.1 Å². The number of nitrogens with one attached hydrogen (secondary N) is 2. The van der Waals surface area contributed by atoms with E-state index in [-0.39, 0.29) is 21.1 Å². The Morgan fingerprint density at radius 3 is 2.69 bits per heavy atom. The second kappa shape index (κ2) is 7.72. The number of nitrogens with zero attached hydrogens (tertiary/aromatic N) is 4. The fraction of sp³-hybridized carbons (Fsp3) is 0.318. The van der Waals surface area contributed by atoms with E-state index in [4.69, 9.17) is 0 Å². The summed E-state index contributed by atoms with van der Waals surface area (Å²) in [6, 6.07) is 10.7. The summed E-state index contributed by atoms with van der Waals surface area (Å²) in [6.45, 7) is 7.24. The molecule has 0 saturated carbocycles. The lowest BCUT2D eigenvalue weighted by atomic mass is 10.2. The highest BCUT2D eigenvalue weighted by Crippen LogP contribution is 2.27. The molecule has 1 aliphatic heterocycles. The van der Waals surface area contributed by atoms with Crippen molar-refractivity contribution in [3.8, 4) is 0 Å². The van der Waals surface area contributed by atoms with Crippen LogP contribution in [0.25, 0.3) is 16.6 Å². The average molecular weight is 453 g/mol. The predicted octanol–water partition coefficient (Wildman–Crippen LogP) is 1.82. The molecular formula is C22H24N6O3S. The maximum absolute atomic E-state index is 13.4. The number of fused-ring (bicyclic) bond motifs is 3. The fourth-order valence-corrected chi connectivity index (χ4v) is 5.77. The number of sulfone groups is 1. The predicted molar refractivity (Wildman–Crippen MR) is 122 cm³/mol. The molecule has 0 aliphatic carbocycles. The molecule has 0 unspecified atom stereocenters. The second-order valence-corrected chi connectivity index (χ2v) is 10.0. The van der Waals surface area contributed by atoms with Gasteiger partial charge in [-0.05, 0) is 56.6 Å². The highest BCUT2D eigenvalue weighted by Gasteiger charge is 2.28. The van der Waals surface area contributed by atoms with Gasteiger partial charge in [0.05, 0.1) is 15.8 Å². The van der Waals surface area contributed by atoms with Gasteiger partial charge in [0, 0.05) is 25.3 Å². The van der Waals surface area contributed by atoms with Gasteiger partial charge >= 0.3 is 0 Å². The van der Waals surface area contributed by atoms with Crippen LogP contribution in [-0.4, -0.2) is 54.4 Å². The van der Waals surface area contributed by atoms with Crippen molar-refractivity contribution >= 4 is 32.1 Å². The molecule has 5 rings (SSSR count). The largest absolute Gasteiger partial charge is 0.370 e. The summed E-state index contributed by atoms with van der Waals surface area (Å²) in [7, 11) is -3.97. The van der Waals surface area contributed by atoms with Crippen molar-refractivity contribution in [2.45, 2.75) is 30.2 Å². The van der Waals surface area contributed by atoms with Crippen LogP contribution >= 0.6 is 0 Å². The van der Waals surface area contributed by atoms with E-state index in [1.54, 1.807) is 31.2 Å². The number of aromatic nitrogens is 4. The molecule has 2 aromatic carbocycles. The number of H-pyrrole nitrogens is 1. The van der Waals surface area contributed by atoms with Crippen molar-refractivity contribution in [2.24, 2.45) is 0 Å². The van der Waals surface area contributed by atoms with Gasteiger partial charge in [-0.25, -0.2) is 8.42 Å². The molecule has 2 aromatic heterocycles. The molecule has 1 saturated heterocycles. The number of rotatable bonds is 3. The van der Waals surface area contributed by atoms with Gasteiger partial charge in [0.25, 0.3) is 5.56 Å². The standard InChI is InChI=1S/C22H24N6O3S/c1-14-4-7-19(15(2)12-14)32(30,31)22-20-24-21(29)17-6-5-16(13-18(17)28(20)26-25-22)27-10-3-8-23-9-11-27/h4-7,12-13,23H,3,8-11H2,1-2H3,(H,24,29). The van der Waals surface area contributed by atoms with E-state index in [1.165, 1.54) is 4.52 Å². The Labute approximate surface area is 185 Å². The maximum atomic E-state index is 13.4. The minimum absolute atomic E-state index is 0.0668. The van der Waals surface area contributed by atoms with Crippen LogP contribution in [0, 0.1) is 13.8 Å². The Hall–Kier alpha value is -3.24. The van der Waals surface area contributed by atoms with E-state index in [2.05, 4.69) is 25.5 Å². The molecule has 0 spiro atoms. The second-order valence-electron chi connectivity index (χ2n) is 8.17. The molecule has 32 heavy (non-hydrogen) atoms. The molecule has 0 amide bonds. The van der Waals surface area contributed by atoms with Crippen molar-refractivity contribution in [3.63, 3.8) is 0 Å². The maximum Gasteiger partial charge on any atom is 0.259 e. The van der Waals surface area contributed by atoms with E-state index in [0.717, 1.165) is 43.9 Å². The molecule has 0 radical (unpaired) electrons. The van der Waals surface area contributed by atoms with Crippen molar-refractivity contribution < 1.29 is 8.42 Å². The summed E-state index contributed by atoms with van der Waals surface area (Å²) in [5, 5.41) is 11.6. The number of hydrogen-bond acceptors (Lipinski definition) is 7. The first-order valence-electron chi connectivity index (χ1n) is 10.6. The van der Waals surface area contributed by atoms with E-state index >= 15 is 0 Å². The zero-order valence-electron chi connectivity index (χ0n) is 17.9. The van der Waals surface area contributed by atoms with Gasteiger partial charge in [0.15, 0.2) is 5.65 Å². The topological polar surface area (TPSA) is 112 Å². The van der Waals surface area contributed by atoms with Gasteiger partial charge in [-0.1, -0.05) is 22.9 Å². The van der Waals surface area contributed by atoms with Gasteiger partial charge in [0.1, 0.15) is 0 Å². The van der Waals surface area contributed by atoms with Crippen molar-refractivity contribution in [3.05, 3.63) is 57.9 Å². The molecule has 0 bridgehead atoms. The van der Waals surface area contributed by atoms with Crippen LogP contribution in [0.15, 0.2) is 51.1 Å². The Bertz CT molecular complexity index is 1500. The lowest BCUT2D eigenvalue weighted by molar-refractivity contribution is 0.592. The molecule has 9 nitrogen and oxygen atoms in total. The van der Waals surface area contributed by atoms with Crippen molar-refractivity contribution in [1.29, 1.82) is 0 Å². The van der Waals surface area contributed by atoms with E-state index < -0.39 is 9.84 Å². The van der Waals surface area contributed by atoms with Crippen molar-refractivity contribution in [1.82, 2.24) is 25.1 Å². The molecule has 4 aromatic rings. The van der Waals surface area contributed by atoms with Crippen molar-refractivity contribution in [2.75, 3.05) is 31.1 Å². The summed E-state index contributed by atoms with van der Waals surface area (Å²) in [5.74, 6) is 0. The first kappa shape index (κ1) is 20.7. The number of aryl methyl sites for hydroxylation is 2. The molecule has 0 atom stereocenters. The van der Waals surface area contributed by atoms with Crippen LogP contribution in [0.3, 0.4) is 0 Å². The molecule has 3 heterocycles. The van der Waals surface area contributed by atoms with E-state index in [9.17, 15) is 13.2 Å². The number of anilines is 1. The van der Waals surface area contributed by atoms with Gasteiger partial charge in [0.2, 0.25) is 14.9 Å². The summed E-state index contributed by atoms with van der Waals surface area (Å²) >= 11 is 0. The number of benzene rings is 2. The van der Waals surface area contributed by atoms with Crippen LogP contribution in [0.1, 0.15) is 17.5 Å². The molecule has 1 fully saturated rings. The van der Waals surface area contributed by atoms with Gasteiger partial charge in [-0.15, -0.1) is 5.10 Å². The lowest BCUT2D eigenvalue weighted by Crippen LogP contribution is -2.27. The molecule has 1 aliphatic rings. The smallest absolute Gasteiger partial charge is 0.259 e. The summed E-state index contributed by atoms with van der Waals surface area (Å²) in [5.41, 5.74) is 2.75. The highest BCUT2D eigenvalue weighted by molar-refractivity contribution is 7.91. The molecular weight excluding hydrogens is 428 g/mol. The van der Waals surface area contributed by atoms with Gasteiger partial charge < -0.3 is 15.2 Å². The third-order valence-electron chi connectivity index (χ3n) is 5.91.